The molecule has 2 aromatic heterocycles. The summed E-state index contributed by atoms with van der Waals surface area (Å²) in [6.07, 6.45) is 3.38. The Morgan fingerprint density at radius 1 is 0.837 bits per heavy atom. The standard InChI is InChI=1S/C36H37N5O2/c1-36(2,3)43-35(42)38-32(22-28-23-37-31-19-10-9-18-30(28)31)34-40-39-33(21-20-25-12-5-4-6-13-25)41(34)24-27-16-11-15-26-14-7-8-17-29(26)27/h4-19,23,32,37H,20-22,24H2,1-3H3,(H,38,42)/p-1/t32-/m1/s1. The highest BCUT2D eigenvalue weighted by Crippen LogP contribution is 2.29. The third kappa shape index (κ3) is 6.61. The number of para-hydroxylation sites is 1. The summed E-state index contributed by atoms with van der Waals surface area (Å²) in [5, 5.41) is 26.0. The topological polar surface area (TPSA) is 91.2 Å². The Bertz CT molecular complexity index is 1860. The Kier molecular flexibility index (Phi) is 7.97. The van der Waals surface area contributed by atoms with E-state index in [0.717, 1.165) is 34.3 Å². The molecule has 0 unspecified atom stereocenters. The second kappa shape index (κ2) is 12.1. The second-order valence-electron chi connectivity index (χ2n) is 11.9. The number of aromatic nitrogens is 4. The molecule has 0 saturated heterocycles. The molecule has 0 amide bonds. The largest absolute Gasteiger partial charge is 0.595 e. The minimum Gasteiger partial charge on any atom is -0.595 e. The van der Waals surface area contributed by atoms with E-state index in [-0.39, 0.29) is 0 Å². The van der Waals surface area contributed by atoms with Crippen molar-refractivity contribution in [3.8, 4) is 0 Å². The Morgan fingerprint density at radius 2 is 1.56 bits per heavy atom. The van der Waals surface area contributed by atoms with Crippen molar-refractivity contribution in [1.82, 2.24) is 19.7 Å². The molecular formula is C36H36N5O2-. The molecule has 0 bridgehead atoms. The Labute approximate surface area is 251 Å². The first-order valence-corrected chi connectivity index (χ1v) is 14.8. The highest BCUT2D eigenvalue weighted by Gasteiger charge is 2.24. The zero-order valence-corrected chi connectivity index (χ0v) is 24.8. The third-order valence-electron chi connectivity index (χ3n) is 7.59. The maximum Gasteiger partial charge on any atom is 0.158 e. The molecule has 4 aromatic carbocycles. The number of ether oxygens (including phenoxy) is 1. The fourth-order valence-electron chi connectivity index (χ4n) is 5.57. The number of benzene rings is 4. The van der Waals surface area contributed by atoms with Gasteiger partial charge in [0.25, 0.3) is 0 Å². The van der Waals surface area contributed by atoms with Crippen LogP contribution in [-0.4, -0.2) is 31.4 Å². The second-order valence-corrected chi connectivity index (χ2v) is 11.9. The van der Waals surface area contributed by atoms with Gasteiger partial charge < -0.3 is 19.4 Å². The predicted molar refractivity (Wildman–Crippen MR) is 170 cm³/mol. The van der Waals surface area contributed by atoms with E-state index in [1.54, 1.807) is 0 Å². The molecule has 1 N–H and O–H groups in total. The zero-order chi connectivity index (χ0) is 29.8. The van der Waals surface area contributed by atoms with E-state index in [4.69, 9.17) is 14.9 Å². The summed E-state index contributed by atoms with van der Waals surface area (Å²) in [6.45, 7) is 6.10. The van der Waals surface area contributed by atoms with Gasteiger partial charge in [-0.15, -0.1) is 10.2 Å². The van der Waals surface area contributed by atoms with Crippen molar-refractivity contribution in [2.24, 2.45) is 4.99 Å². The van der Waals surface area contributed by atoms with Crippen LogP contribution >= 0.6 is 0 Å². The van der Waals surface area contributed by atoms with Crippen LogP contribution < -0.4 is 5.11 Å². The highest BCUT2D eigenvalue weighted by molar-refractivity contribution is 5.85. The minimum atomic E-state index is -0.663. The summed E-state index contributed by atoms with van der Waals surface area (Å²) < 4.78 is 7.80. The van der Waals surface area contributed by atoms with Gasteiger partial charge in [0.05, 0.1) is 6.54 Å². The van der Waals surface area contributed by atoms with Gasteiger partial charge >= 0.3 is 0 Å². The van der Waals surface area contributed by atoms with E-state index in [2.05, 4.69) is 87.3 Å². The van der Waals surface area contributed by atoms with Gasteiger partial charge in [-0.3, -0.25) is 4.99 Å². The van der Waals surface area contributed by atoms with Gasteiger partial charge in [-0.05, 0) is 39.9 Å². The van der Waals surface area contributed by atoms with Crippen molar-refractivity contribution >= 4 is 27.8 Å². The van der Waals surface area contributed by atoms with E-state index in [1.165, 1.54) is 16.3 Å². The molecule has 6 rings (SSSR count). The van der Waals surface area contributed by atoms with Crippen LogP contribution in [0.5, 0.6) is 0 Å². The monoisotopic (exact) mass is 570 g/mol. The van der Waals surface area contributed by atoms with Crippen molar-refractivity contribution in [3.05, 3.63) is 132 Å². The SMILES string of the molecule is CC(C)(C)OC([O-])=N[C@H](Cc1c[nH]c2ccccc12)c1nnc(CCc2ccccc2)n1Cc1cccc2ccccc12. The van der Waals surface area contributed by atoms with Crippen LogP contribution in [0.15, 0.2) is 108 Å². The predicted octanol–water partition coefficient (Wildman–Crippen LogP) is 6.56. The summed E-state index contributed by atoms with van der Waals surface area (Å²) in [6, 6.07) is 32.7. The number of aromatic amines is 1. The molecular weight excluding hydrogens is 534 g/mol. The summed E-state index contributed by atoms with van der Waals surface area (Å²) >= 11 is 0. The van der Waals surface area contributed by atoms with E-state index in [9.17, 15) is 5.11 Å². The molecule has 2 heterocycles. The Balaban J connectivity index is 1.44. The molecule has 1 atom stereocenters. The lowest BCUT2D eigenvalue weighted by atomic mass is 10.0. The number of fused-ring (bicyclic) bond motifs is 2. The Hall–Kier alpha value is -4.91. The number of aliphatic imine (C=N–C) groups is 1. The van der Waals surface area contributed by atoms with Crippen LogP contribution in [0.2, 0.25) is 0 Å². The number of hydrogen-bond donors (Lipinski definition) is 1. The number of rotatable bonds is 9. The van der Waals surface area contributed by atoms with Gasteiger partial charge in [0.2, 0.25) is 0 Å². The van der Waals surface area contributed by atoms with E-state index < -0.39 is 17.7 Å². The molecule has 7 heteroatoms. The molecule has 0 aliphatic heterocycles. The number of nitrogens with zero attached hydrogens (tertiary/aromatic N) is 4. The van der Waals surface area contributed by atoms with Gasteiger partial charge in [-0.25, -0.2) is 0 Å². The molecule has 0 saturated carbocycles. The molecule has 0 aliphatic carbocycles. The van der Waals surface area contributed by atoms with Crippen molar-refractivity contribution in [1.29, 1.82) is 0 Å². The first-order valence-electron chi connectivity index (χ1n) is 14.8. The average Bonchev–Trinajstić information content (AvgIpc) is 3.59. The molecule has 0 spiro atoms. The van der Waals surface area contributed by atoms with Crippen LogP contribution in [0.25, 0.3) is 21.7 Å². The van der Waals surface area contributed by atoms with Crippen LogP contribution in [0.4, 0.5) is 0 Å². The van der Waals surface area contributed by atoms with E-state index >= 15 is 0 Å². The molecule has 7 nitrogen and oxygen atoms in total. The average molecular weight is 571 g/mol. The van der Waals surface area contributed by atoms with E-state index in [1.807, 2.05) is 51.2 Å². The van der Waals surface area contributed by atoms with Crippen LogP contribution in [0, 0.1) is 0 Å². The van der Waals surface area contributed by atoms with Crippen molar-refractivity contribution in [2.75, 3.05) is 0 Å². The van der Waals surface area contributed by atoms with Crippen molar-refractivity contribution < 1.29 is 9.84 Å². The zero-order valence-electron chi connectivity index (χ0n) is 24.8. The Morgan fingerprint density at radius 3 is 2.37 bits per heavy atom. The first kappa shape index (κ1) is 28.2. The number of hydrogen-bond acceptors (Lipinski definition) is 5. The van der Waals surface area contributed by atoms with Crippen molar-refractivity contribution in [3.63, 3.8) is 0 Å². The molecule has 0 aliphatic rings. The van der Waals surface area contributed by atoms with Crippen LogP contribution in [-0.2, 0) is 30.5 Å². The van der Waals surface area contributed by atoms with Crippen molar-refractivity contribution in [2.45, 2.75) is 58.2 Å². The first-order chi connectivity index (χ1) is 20.8. The maximum absolute atomic E-state index is 13.1. The summed E-state index contributed by atoms with van der Waals surface area (Å²) in [4.78, 5) is 7.97. The quantitative estimate of drug-likeness (QED) is 0.157. The maximum atomic E-state index is 13.1. The highest BCUT2D eigenvalue weighted by atomic mass is 16.6. The van der Waals surface area contributed by atoms with Gasteiger partial charge in [0.1, 0.15) is 18.0 Å². The fourth-order valence-corrected chi connectivity index (χ4v) is 5.57. The summed E-state index contributed by atoms with van der Waals surface area (Å²) in [7, 11) is 0. The summed E-state index contributed by atoms with van der Waals surface area (Å²) in [5.74, 6) is 1.50. The minimum absolute atomic E-state index is 0.468. The molecule has 43 heavy (non-hydrogen) atoms. The third-order valence-corrected chi connectivity index (χ3v) is 7.59. The van der Waals surface area contributed by atoms with Crippen LogP contribution in [0.1, 0.15) is 55.2 Å². The molecule has 0 fully saturated rings. The number of nitrogens with one attached hydrogen (secondary N) is 1. The molecule has 0 radical (unpaired) electrons. The van der Waals surface area contributed by atoms with Gasteiger partial charge in [-0.2, -0.15) is 0 Å². The fraction of sp³-hybridized carbons (Fsp3) is 0.250. The normalized spacial score (nSPS) is 13.0. The smallest absolute Gasteiger partial charge is 0.158 e. The number of H-pyrrole nitrogens is 1. The van der Waals surface area contributed by atoms with Gasteiger partial charge in [-0.1, -0.05) is 112 Å². The van der Waals surface area contributed by atoms with E-state index in [0.29, 0.717) is 25.2 Å². The lowest BCUT2D eigenvalue weighted by Crippen LogP contribution is -2.32. The lowest BCUT2D eigenvalue weighted by Gasteiger charge is -2.30. The van der Waals surface area contributed by atoms with Gasteiger partial charge in [0, 0.05) is 35.5 Å². The van der Waals surface area contributed by atoms with Crippen LogP contribution in [0.3, 0.4) is 0 Å². The molecule has 218 valence electrons. The lowest BCUT2D eigenvalue weighted by molar-refractivity contribution is -0.261. The summed E-state index contributed by atoms with van der Waals surface area (Å²) in [5.41, 5.74) is 3.82. The molecule has 6 aromatic rings. The number of aryl methyl sites for hydroxylation is 2. The van der Waals surface area contributed by atoms with Gasteiger partial charge in [0.15, 0.2) is 5.82 Å².